The fourth-order valence-electron chi connectivity index (χ4n) is 5.15. The predicted molar refractivity (Wildman–Crippen MR) is 120 cm³/mol. The van der Waals surface area contributed by atoms with E-state index in [1.807, 2.05) is 30.1 Å². The summed E-state index contributed by atoms with van der Waals surface area (Å²) in [5.74, 6) is 2.21. The van der Waals surface area contributed by atoms with E-state index in [0.29, 0.717) is 23.5 Å². The Hall–Kier alpha value is -1.95. The highest BCUT2D eigenvalue weighted by Gasteiger charge is 2.34. The number of methoxy groups -OCH3 is 2. The summed E-state index contributed by atoms with van der Waals surface area (Å²) in [6.45, 7) is 7.53. The molecule has 3 rings (SSSR count). The van der Waals surface area contributed by atoms with Gasteiger partial charge < -0.3 is 24.6 Å². The van der Waals surface area contributed by atoms with Gasteiger partial charge in [0, 0.05) is 19.6 Å². The summed E-state index contributed by atoms with van der Waals surface area (Å²) in [5, 5.41) is 3.26. The Morgan fingerprint density at radius 2 is 1.87 bits per heavy atom. The largest absolute Gasteiger partial charge is 0.493 e. The molecule has 6 nitrogen and oxygen atoms in total. The van der Waals surface area contributed by atoms with Crippen molar-refractivity contribution in [1.29, 1.82) is 0 Å². The van der Waals surface area contributed by atoms with Crippen LogP contribution in [0.5, 0.6) is 11.5 Å². The van der Waals surface area contributed by atoms with Crippen molar-refractivity contribution < 1.29 is 14.3 Å². The van der Waals surface area contributed by atoms with Gasteiger partial charge in [-0.25, -0.2) is 4.79 Å². The molecule has 0 unspecified atom stereocenters. The van der Waals surface area contributed by atoms with Gasteiger partial charge >= 0.3 is 6.03 Å². The maximum atomic E-state index is 13.1. The number of fused-ring (bicyclic) bond motifs is 1. The minimum absolute atomic E-state index is 0.00332. The number of benzene rings is 1. The highest BCUT2D eigenvalue weighted by Crippen LogP contribution is 2.33. The first-order chi connectivity index (χ1) is 14.4. The molecule has 0 radical (unpaired) electrons. The van der Waals surface area contributed by atoms with Crippen molar-refractivity contribution in [2.45, 2.75) is 58.0 Å². The van der Waals surface area contributed by atoms with Crippen LogP contribution in [0, 0.1) is 11.8 Å². The third-order valence-corrected chi connectivity index (χ3v) is 6.80. The molecule has 3 atom stereocenters. The van der Waals surface area contributed by atoms with Gasteiger partial charge in [0.15, 0.2) is 11.5 Å². The summed E-state index contributed by atoms with van der Waals surface area (Å²) < 4.78 is 10.8. The van der Waals surface area contributed by atoms with Crippen molar-refractivity contribution in [1.82, 2.24) is 15.1 Å². The van der Waals surface area contributed by atoms with Crippen molar-refractivity contribution in [3.05, 3.63) is 23.8 Å². The van der Waals surface area contributed by atoms with Crippen molar-refractivity contribution in [2.75, 3.05) is 40.9 Å². The van der Waals surface area contributed by atoms with Gasteiger partial charge in [-0.15, -0.1) is 0 Å². The minimum atomic E-state index is -0.0858. The fourth-order valence-corrected chi connectivity index (χ4v) is 5.15. The molecule has 2 aliphatic rings. The van der Waals surface area contributed by atoms with Gasteiger partial charge in [-0.05, 0) is 68.3 Å². The lowest BCUT2D eigenvalue weighted by Gasteiger charge is -2.45. The van der Waals surface area contributed by atoms with E-state index in [1.54, 1.807) is 14.2 Å². The van der Waals surface area contributed by atoms with E-state index in [1.165, 1.54) is 45.2 Å². The lowest BCUT2D eigenvalue weighted by Crippen LogP contribution is -2.52. The van der Waals surface area contributed by atoms with Crippen molar-refractivity contribution in [3.63, 3.8) is 0 Å². The van der Waals surface area contributed by atoms with Crippen LogP contribution in [0.4, 0.5) is 4.79 Å². The average molecular weight is 418 g/mol. The Kier molecular flexibility index (Phi) is 7.87. The van der Waals surface area contributed by atoms with Crippen LogP contribution in [0.25, 0.3) is 0 Å². The monoisotopic (exact) mass is 417 g/mol. The topological polar surface area (TPSA) is 54.0 Å². The molecule has 168 valence electrons. The van der Waals surface area contributed by atoms with Gasteiger partial charge in [0.2, 0.25) is 0 Å². The first kappa shape index (κ1) is 22.7. The minimum Gasteiger partial charge on any atom is -0.493 e. The molecule has 2 fully saturated rings. The van der Waals surface area contributed by atoms with Crippen molar-refractivity contribution in [2.24, 2.45) is 11.8 Å². The second-order valence-electron chi connectivity index (χ2n) is 9.17. The molecule has 0 aliphatic carbocycles. The summed E-state index contributed by atoms with van der Waals surface area (Å²) in [6, 6.07) is 6.43. The summed E-state index contributed by atoms with van der Waals surface area (Å²) in [6.07, 6.45) is 6.39. The fraction of sp³-hybridized carbons (Fsp3) is 0.708. The first-order valence-corrected chi connectivity index (χ1v) is 11.4. The number of hydrogen-bond donors (Lipinski definition) is 1. The van der Waals surface area contributed by atoms with E-state index < -0.39 is 0 Å². The maximum Gasteiger partial charge on any atom is 0.317 e. The Morgan fingerprint density at radius 3 is 2.57 bits per heavy atom. The molecule has 0 spiro atoms. The lowest BCUT2D eigenvalue weighted by molar-refractivity contribution is 0.0484. The Bertz CT molecular complexity index is 707. The Labute approximate surface area is 181 Å². The Morgan fingerprint density at radius 1 is 1.13 bits per heavy atom. The lowest BCUT2D eigenvalue weighted by atomic mass is 9.83. The van der Waals surface area contributed by atoms with Crippen LogP contribution in [0.2, 0.25) is 0 Å². The highest BCUT2D eigenvalue weighted by molar-refractivity contribution is 5.74. The van der Waals surface area contributed by atoms with E-state index in [0.717, 1.165) is 12.1 Å². The summed E-state index contributed by atoms with van der Waals surface area (Å²) in [4.78, 5) is 17.6. The van der Waals surface area contributed by atoms with Crippen LogP contribution >= 0.6 is 0 Å². The van der Waals surface area contributed by atoms with Crippen LogP contribution in [0.15, 0.2) is 18.2 Å². The maximum absolute atomic E-state index is 13.1. The second kappa shape index (κ2) is 10.4. The molecule has 2 heterocycles. The number of amides is 2. The number of ether oxygens (including phenoxy) is 2. The molecule has 30 heavy (non-hydrogen) atoms. The van der Waals surface area contributed by atoms with Gasteiger partial charge in [-0.1, -0.05) is 26.3 Å². The van der Waals surface area contributed by atoms with Gasteiger partial charge in [0.05, 0.1) is 20.3 Å². The van der Waals surface area contributed by atoms with E-state index in [4.69, 9.17) is 9.47 Å². The highest BCUT2D eigenvalue weighted by atomic mass is 16.5. The number of rotatable bonds is 7. The molecule has 0 bridgehead atoms. The molecule has 2 aliphatic heterocycles. The van der Waals surface area contributed by atoms with Gasteiger partial charge in [0.1, 0.15) is 0 Å². The van der Waals surface area contributed by atoms with E-state index in [9.17, 15) is 4.79 Å². The number of urea groups is 1. The molecular formula is C24H39N3O3. The summed E-state index contributed by atoms with van der Waals surface area (Å²) in [7, 11) is 5.20. The molecule has 2 saturated heterocycles. The standard InChI is InChI=1S/C24H39N3O3/c1-17(2)23(18-11-12-21(29-4)22(15-18)30-5)25-24(28)26(3)16-19-9-8-14-27-13-7-6-10-20(19)27/h11-12,15,17,19-20,23H,6-10,13-14,16H2,1-5H3,(H,25,28)/t19-,20+,23-/m0/s1. The van der Waals surface area contributed by atoms with Crippen LogP contribution in [-0.4, -0.2) is 62.8 Å². The zero-order valence-electron chi connectivity index (χ0n) is 19.3. The molecule has 0 aromatic heterocycles. The van der Waals surface area contributed by atoms with Gasteiger partial charge in [-0.3, -0.25) is 0 Å². The van der Waals surface area contributed by atoms with E-state index in [-0.39, 0.29) is 18.0 Å². The zero-order valence-corrected chi connectivity index (χ0v) is 19.3. The molecular weight excluding hydrogens is 378 g/mol. The number of nitrogens with zero attached hydrogens (tertiary/aromatic N) is 2. The molecule has 1 aromatic rings. The number of piperidine rings is 2. The van der Waals surface area contributed by atoms with Gasteiger partial charge in [-0.2, -0.15) is 0 Å². The van der Waals surface area contributed by atoms with Crippen LogP contribution in [-0.2, 0) is 0 Å². The quantitative estimate of drug-likeness (QED) is 0.718. The van der Waals surface area contributed by atoms with Crippen molar-refractivity contribution in [3.8, 4) is 11.5 Å². The number of carbonyl (C=O) groups is 1. The molecule has 2 amide bonds. The number of carbonyl (C=O) groups excluding carboxylic acids is 1. The third kappa shape index (κ3) is 5.20. The van der Waals surface area contributed by atoms with E-state index in [2.05, 4.69) is 24.1 Å². The normalized spacial score (nSPS) is 22.9. The molecule has 6 heteroatoms. The number of hydrogen-bond acceptors (Lipinski definition) is 4. The van der Waals surface area contributed by atoms with Gasteiger partial charge in [0.25, 0.3) is 0 Å². The molecule has 0 saturated carbocycles. The van der Waals surface area contributed by atoms with Crippen molar-refractivity contribution >= 4 is 6.03 Å². The SMILES string of the molecule is COc1ccc([C@@H](NC(=O)N(C)C[C@@H]2CCCN3CCCC[C@H]23)C(C)C)cc1OC. The summed E-state index contributed by atoms with van der Waals surface area (Å²) in [5.41, 5.74) is 1.03. The molecule has 1 aromatic carbocycles. The van der Waals surface area contributed by atoms with Crippen LogP contribution in [0.3, 0.4) is 0 Å². The predicted octanol–water partition coefficient (Wildman–Crippen LogP) is 4.31. The van der Waals surface area contributed by atoms with Crippen LogP contribution < -0.4 is 14.8 Å². The smallest absolute Gasteiger partial charge is 0.317 e. The Balaban J connectivity index is 1.66. The van der Waals surface area contributed by atoms with Crippen LogP contribution in [0.1, 0.15) is 57.6 Å². The number of nitrogens with one attached hydrogen (secondary N) is 1. The molecule has 1 N–H and O–H groups in total. The second-order valence-corrected chi connectivity index (χ2v) is 9.17. The van der Waals surface area contributed by atoms with E-state index >= 15 is 0 Å². The first-order valence-electron chi connectivity index (χ1n) is 11.4. The summed E-state index contributed by atoms with van der Waals surface area (Å²) >= 11 is 0. The third-order valence-electron chi connectivity index (χ3n) is 6.80. The zero-order chi connectivity index (χ0) is 21.7. The average Bonchev–Trinajstić information content (AvgIpc) is 2.76.